The van der Waals surface area contributed by atoms with Gasteiger partial charge in [0.1, 0.15) is 0 Å². The number of nitrogens with two attached hydrogens (primary N) is 1. The third-order valence-corrected chi connectivity index (χ3v) is 3.98. The molecule has 0 aromatic carbocycles. The monoisotopic (exact) mass is 309 g/mol. The zero-order valence-electron chi connectivity index (χ0n) is 12.5. The van der Waals surface area contributed by atoms with Crippen molar-refractivity contribution < 1.29 is 4.74 Å². The average molecular weight is 309 g/mol. The summed E-state index contributed by atoms with van der Waals surface area (Å²) < 4.78 is 5.40. The molecule has 1 aromatic heterocycles. The molecule has 2 N–H and O–H groups in total. The fourth-order valence-corrected chi connectivity index (χ4v) is 2.77. The predicted molar refractivity (Wildman–Crippen MR) is 88.0 cm³/mol. The summed E-state index contributed by atoms with van der Waals surface area (Å²) in [6, 6.07) is 0. The Bertz CT molecular complexity index is 466. The van der Waals surface area contributed by atoms with Crippen LogP contribution in [0.15, 0.2) is 28.7 Å². The van der Waals surface area contributed by atoms with Gasteiger partial charge in [-0.2, -0.15) is 0 Å². The van der Waals surface area contributed by atoms with E-state index in [9.17, 15) is 0 Å². The number of aromatic nitrogens is 1. The van der Waals surface area contributed by atoms with Gasteiger partial charge in [0.25, 0.3) is 0 Å². The first-order valence-electron chi connectivity index (χ1n) is 7.08. The molecule has 1 aromatic rings. The summed E-state index contributed by atoms with van der Waals surface area (Å²) >= 11 is 1.67. The largest absolute Gasteiger partial charge is 0.375 e. The molecule has 0 bridgehead atoms. The molecule has 0 unspecified atom stereocenters. The lowest BCUT2D eigenvalue weighted by Gasteiger charge is -2.35. The Morgan fingerprint density at radius 1 is 1.48 bits per heavy atom. The maximum absolute atomic E-state index is 6.03. The fourth-order valence-electron chi connectivity index (χ4n) is 2.07. The van der Waals surface area contributed by atoms with E-state index < -0.39 is 0 Å². The first kappa shape index (κ1) is 15.8. The number of nitrogens with zero attached hydrogens (tertiary/aromatic N) is 4. The summed E-state index contributed by atoms with van der Waals surface area (Å²) in [7, 11) is 0. The van der Waals surface area contributed by atoms with Gasteiger partial charge in [-0.1, -0.05) is 12.2 Å². The van der Waals surface area contributed by atoms with Gasteiger partial charge in [0.05, 0.1) is 19.8 Å². The molecule has 1 aliphatic heterocycles. The van der Waals surface area contributed by atoms with Crippen molar-refractivity contribution in [3.8, 4) is 0 Å². The first-order valence-corrected chi connectivity index (χ1v) is 7.96. The Balaban J connectivity index is 1.70. The van der Waals surface area contributed by atoms with Gasteiger partial charge < -0.3 is 20.3 Å². The summed E-state index contributed by atoms with van der Waals surface area (Å²) in [5, 5.41) is 3.08. The lowest BCUT2D eigenvalue weighted by atomic mass is 10.3. The summed E-state index contributed by atoms with van der Waals surface area (Å²) in [6.45, 7) is 11.1. The van der Waals surface area contributed by atoms with Gasteiger partial charge in [-0.3, -0.25) is 4.99 Å². The number of piperazine rings is 1. The molecule has 0 saturated carbocycles. The van der Waals surface area contributed by atoms with Crippen LogP contribution < -0.4 is 10.6 Å². The van der Waals surface area contributed by atoms with E-state index in [4.69, 9.17) is 10.5 Å². The van der Waals surface area contributed by atoms with Gasteiger partial charge >= 0.3 is 0 Å². The fraction of sp³-hybridized carbons (Fsp3) is 0.571. The van der Waals surface area contributed by atoms with E-state index in [1.807, 2.05) is 18.5 Å². The van der Waals surface area contributed by atoms with Crippen LogP contribution in [0.2, 0.25) is 0 Å². The number of aliphatic imine (C=N–C) groups is 1. The van der Waals surface area contributed by atoms with Crippen LogP contribution in [0.25, 0.3) is 0 Å². The molecule has 1 aliphatic rings. The second kappa shape index (κ2) is 7.99. The van der Waals surface area contributed by atoms with Gasteiger partial charge in [-0.05, 0) is 6.92 Å². The molecule has 0 aliphatic carbocycles. The lowest BCUT2D eigenvalue weighted by molar-refractivity contribution is 0.164. The van der Waals surface area contributed by atoms with Crippen LogP contribution in [0.5, 0.6) is 0 Å². The molecule has 1 saturated heterocycles. The zero-order valence-corrected chi connectivity index (χ0v) is 13.3. The SMILES string of the molecule is C=C(C)COCCN=C(N)N1CCN(c2nccs2)CC1. The van der Waals surface area contributed by atoms with E-state index in [1.54, 1.807) is 11.3 Å². The number of anilines is 1. The van der Waals surface area contributed by atoms with Gasteiger partial charge in [0.15, 0.2) is 11.1 Å². The van der Waals surface area contributed by atoms with E-state index >= 15 is 0 Å². The molecule has 21 heavy (non-hydrogen) atoms. The smallest absolute Gasteiger partial charge is 0.191 e. The number of hydrogen-bond donors (Lipinski definition) is 1. The highest BCUT2D eigenvalue weighted by Gasteiger charge is 2.19. The second-order valence-electron chi connectivity index (χ2n) is 5.04. The normalized spacial score (nSPS) is 16.3. The third-order valence-electron chi connectivity index (χ3n) is 3.15. The van der Waals surface area contributed by atoms with Crippen molar-refractivity contribution >= 4 is 22.4 Å². The standard InChI is InChI=1S/C14H23N5OS/c1-12(2)11-20-9-3-16-13(15)18-5-7-19(8-6-18)14-17-4-10-21-14/h4,10H,1,3,5-9,11H2,2H3,(H2,15,16). The van der Waals surface area contributed by atoms with Crippen LogP contribution in [-0.4, -0.2) is 61.8 Å². The molecule has 0 spiro atoms. The van der Waals surface area contributed by atoms with Gasteiger partial charge in [-0.15, -0.1) is 11.3 Å². The molecule has 1 fully saturated rings. The Hall–Kier alpha value is -1.60. The molecular weight excluding hydrogens is 286 g/mol. The Morgan fingerprint density at radius 2 is 2.24 bits per heavy atom. The number of guanidine groups is 1. The van der Waals surface area contributed by atoms with Crippen LogP contribution in [0.3, 0.4) is 0 Å². The Morgan fingerprint density at radius 3 is 2.86 bits per heavy atom. The predicted octanol–water partition coefficient (Wildman–Crippen LogP) is 1.17. The van der Waals surface area contributed by atoms with Crippen LogP contribution in [0.4, 0.5) is 5.13 Å². The highest BCUT2D eigenvalue weighted by molar-refractivity contribution is 7.13. The van der Waals surface area contributed by atoms with Crippen molar-refractivity contribution in [2.75, 3.05) is 50.8 Å². The molecular formula is C14H23N5OS. The summed E-state index contributed by atoms with van der Waals surface area (Å²) in [6.07, 6.45) is 1.84. The van der Waals surface area contributed by atoms with Crippen molar-refractivity contribution in [3.05, 3.63) is 23.7 Å². The molecule has 0 amide bonds. The van der Waals surface area contributed by atoms with Crippen LogP contribution >= 0.6 is 11.3 Å². The molecule has 2 rings (SSSR count). The highest BCUT2D eigenvalue weighted by atomic mass is 32.1. The number of ether oxygens (including phenoxy) is 1. The summed E-state index contributed by atoms with van der Waals surface area (Å²) in [5.41, 5.74) is 7.04. The number of hydrogen-bond acceptors (Lipinski definition) is 5. The second-order valence-corrected chi connectivity index (χ2v) is 5.91. The lowest BCUT2D eigenvalue weighted by Crippen LogP contribution is -2.51. The van der Waals surface area contributed by atoms with Crippen molar-refractivity contribution in [1.82, 2.24) is 9.88 Å². The first-order chi connectivity index (χ1) is 10.2. The van der Waals surface area contributed by atoms with Crippen LogP contribution in [0, 0.1) is 0 Å². The van der Waals surface area contributed by atoms with Crippen molar-refractivity contribution in [2.24, 2.45) is 10.7 Å². The van der Waals surface area contributed by atoms with Crippen molar-refractivity contribution in [3.63, 3.8) is 0 Å². The molecule has 0 radical (unpaired) electrons. The summed E-state index contributed by atoms with van der Waals surface area (Å²) in [5.74, 6) is 0.604. The maximum Gasteiger partial charge on any atom is 0.191 e. The number of rotatable bonds is 6. The molecule has 6 nitrogen and oxygen atoms in total. The van der Waals surface area contributed by atoms with Crippen LogP contribution in [-0.2, 0) is 4.74 Å². The highest BCUT2D eigenvalue weighted by Crippen LogP contribution is 2.18. The van der Waals surface area contributed by atoms with E-state index in [2.05, 4.69) is 26.4 Å². The van der Waals surface area contributed by atoms with E-state index in [1.165, 1.54) is 0 Å². The van der Waals surface area contributed by atoms with Gasteiger partial charge in [0.2, 0.25) is 0 Å². The van der Waals surface area contributed by atoms with E-state index in [-0.39, 0.29) is 0 Å². The topological polar surface area (TPSA) is 67.0 Å². The summed E-state index contributed by atoms with van der Waals surface area (Å²) in [4.78, 5) is 13.1. The minimum absolute atomic E-state index is 0.576. The van der Waals surface area contributed by atoms with Gasteiger partial charge in [-0.25, -0.2) is 4.98 Å². The minimum atomic E-state index is 0.576. The maximum atomic E-state index is 6.03. The quantitative estimate of drug-likeness (QED) is 0.370. The van der Waals surface area contributed by atoms with Crippen LogP contribution in [0.1, 0.15) is 6.92 Å². The number of thiazole rings is 1. The average Bonchev–Trinajstić information content (AvgIpc) is 3.01. The Labute approximate surface area is 129 Å². The minimum Gasteiger partial charge on any atom is -0.375 e. The van der Waals surface area contributed by atoms with Crippen molar-refractivity contribution in [1.29, 1.82) is 0 Å². The molecule has 0 atom stereocenters. The third kappa shape index (κ3) is 5.02. The van der Waals surface area contributed by atoms with Gasteiger partial charge in [0, 0.05) is 37.8 Å². The molecule has 2 heterocycles. The molecule has 7 heteroatoms. The van der Waals surface area contributed by atoms with E-state index in [0.717, 1.165) is 36.9 Å². The zero-order chi connectivity index (χ0) is 15.1. The van der Waals surface area contributed by atoms with Crippen molar-refractivity contribution in [2.45, 2.75) is 6.92 Å². The van der Waals surface area contributed by atoms with E-state index in [0.29, 0.717) is 25.7 Å². The Kier molecular flexibility index (Phi) is 6.01. The molecule has 116 valence electrons.